The standard InChI is InChI=1S/C7H13F3N2OS/c1-14-3-2-5(11)6(13)12-4-7(8,9)10/h5H,2-4,11H2,1H3,(H,12,13)/t5-/m0/s1. The molecule has 7 heteroatoms. The van der Waals surface area contributed by atoms with Gasteiger partial charge < -0.3 is 11.1 Å². The van der Waals surface area contributed by atoms with Crippen LogP contribution in [0, 0.1) is 0 Å². The molecule has 0 aliphatic carbocycles. The van der Waals surface area contributed by atoms with Crippen molar-refractivity contribution in [2.45, 2.75) is 18.6 Å². The maximum absolute atomic E-state index is 11.7. The number of alkyl halides is 3. The molecular formula is C7H13F3N2OS. The number of rotatable bonds is 5. The number of hydrogen-bond acceptors (Lipinski definition) is 3. The Morgan fingerprint density at radius 2 is 2.14 bits per heavy atom. The van der Waals surface area contributed by atoms with E-state index in [1.807, 2.05) is 6.26 Å². The third-order valence-corrected chi connectivity index (χ3v) is 2.08. The molecule has 0 bridgehead atoms. The molecule has 0 spiro atoms. The van der Waals surface area contributed by atoms with Gasteiger partial charge in [0, 0.05) is 0 Å². The van der Waals surface area contributed by atoms with Crippen LogP contribution in [-0.2, 0) is 4.79 Å². The normalized spacial score (nSPS) is 13.8. The molecule has 0 aliphatic rings. The Morgan fingerprint density at radius 3 is 2.57 bits per heavy atom. The summed E-state index contributed by atoms with van der Waals surface area (Å²) in [7, 11) is 0. The summed E-state index contributed by atoms with van der Waals surface area (Å²) in [6, 6.07) is -0.857. The molecule has 84 valence electrons. The van der Waals surface area contributed by atoms with Gasteiger partial charge in [0.05, 0.1) is 6.04 Å². The molecule has 1 amide bonds. The summed E-state index contributed by atoms with van der Waals surface area (Å²) in [4.78, 5) is 11.0. The average Bonchev–Trinajstić information content (AvgIpc) is 2.09. The fraction of sp³-hybridized carbons (Fsp3) is 0.857. The fourth-order valence-corrected chi connectivity index (χ4v) is 1.18. The number of nitrogens with one attached hydrogen (secondary N) is 1. The zero-order valence-electron chi connectivity index (χ0n) is 7.73. The third kappa shape index (κ3) is 7.02. The van der Waals surface area contributed by atoms with Gasteiger partial charge in [0.15, 0.2) is 0 Å². The van der Waals surface area contributed by atoms with Crippen LogP contribution in [0.5, 0.6) is 0 Å². The first-order chi connectivity index (χ1) is 6.37. The van der Waals surface area contributed by atoms with Crippen LogP contribution < -0.4 is 11.1 Å². The van der Waals surface area contributed by atoms with Crippen molar-refractivity contribution in [1.29, 1.82) is 0 Å². The smallest absolute Gasteiger partial charge is 0.346 e. The van der Waals surface area contributed by atoms with Gasteiger partial charge in [-0.1, -0.05) is 0 Å². The van der Waals surface area contributed by atoms with Crippen molar-refractivity contribution in [2.75, 3.05) is 18.6 Å². The molecule has 0 fully saturated rings. The van der Waals surface area contributed by atoms with Crippen LogP contribution in [-0.4, -0.2) is 36.7 Å². The van der Waals surface area contributed by atoms with Gasteiger partial charge in [-0.15, -0.1) is 0 Å². The minimum Gasteiger partial charge on any atom is -0.346 e. The zero-order valence-corrected chi connectivity index (χ0v) is 8.54. The summed E-state index contributed by atoms with van der Waals surface area (Å²) in [6.07, 6.45) is -2.17. The molecule has 0 aromatic heterocycles. The van der Waals surface area contributed by atoms with E-state index in [2.05, 4.69) is 0 Å². The molecule has 14 heavy (non-hydrogen) atoms. The van der Waals surface area contributed by atoms with Crippen molar-refractivity contribution in [1.82, 2.24) is 5.32 Å². The molecule has 0 heterocycles. The lowest BCUT2D eigenvalue weighted by Crippen LogP contribution is -2.44. The number of hydrogen-bond donors (Lipinski definition) is 2. The lowest BCUT2D eigenvalue weighted by atomic mass is 10.2. The second-order valence-electron chi connectivity index (χ2n) is 2.72. The van der Waals surface area contributed by atoms with E-state index in [0.29, 0.717) is 12.2 Å². The first-order valence-corrected chi connectivity index (χ1v) is 5.35. The summed E-state index contributed by atoms with van der Waals surface area (Å²) in [5.74, 6) is -0.1000. The predicted octanol–water partition coefficient (Wildman–Crippen LogP) is 0.745. The molecular weight excluding hydrogens is 217 g/mol. The largest absolute Gasteiger partial charge is 0.405 e. The topological polar surface area (TPSA) is 55.1 Å². The van der Waals surface area contributed by atoms with Crippen LogP contribution in [0.2, 0.25) is 0 Å². The molecule has 3 N–H and O–H groups in total. The van der Waals surface area contributed by atoms with Crippen molar-refractivity contribution < 1.29 is 18.0 Å². The second kappa shape index (κ2) is 6.13. The van der Waals surface area contributed by atoms with E-state index >= 15 is 0 Å². The SMILES string of the molecule is CSCC[C@H](N)C(=O)NCC(F)(F)F. The molecule has 0 aromatic carbocycles. The van der Waals surface area contributed by atoms with Gasteiger partial charge in [-0.05, 0) is 18.4 Å². The molecule has 0 unspecified atom stereocenters. The quantitative estimate of drug-likeness (QED) is 0.732. The van der Waals surface area contributed by atoms with E-state index in [1.54, 1.807) is 5.32 Å². The predicted molar refractivity (Wildman–Crippen MR) is 50.0 cm³/mol. The van der Waals surface area contributed by atoms with E-state index in [4.69, 9.17) is 5.73 Å². The van der Waals surface area contributed by atoms with E-state index in [9.17, 15) is 18.0 Å². The number of halogens is 3. The Bertz CT molecular complexity index is 186. The highest BCUT2D eigenvalue weighted by atomic mass is 32.2. The molecule has 0 saturated carbocycles. The van der Waals surface area contributed by atoms with Crippen LogP contribution in [0.25, 0.3) is 0 Å². The van der Waals surface area contributed by atoms with Crippen molar-refractivity contribution in [3.63, 3.8) is 0 Å². The molecule has 1 atom stereocenters. The summed E-state index contributed by atoms with van der Waals surface area (Å²) >= 11 is 1.49. The minimum absolute atomic E-state index is 0.380. The monoisotopic (exact) mass is 230 g/mol. The summed E-state index contributed by atoms with van der Waals surface area (Å²) < 4.78 is 35.0. The minimum atomic E-state index is -4.38. The van der Waals surface area contributed by atoms with Crippen molar-refractivity contribution in [3.05, 3.63) is 0 Å². The van der Waals surface area contributed by atoms with E-state index in [1.165, 1.54) is 11.8 Å². The second-order valence-corrected chi connectivity index (χ2v) is 3.71. The Labute approximate surface area is 84.6 Å². The van der Waals surface area contributed by atoms with E-state index in [-0.39, 0.29) is 0 Å². The van der Waals surface area contributed by atoms with Gasteiger partial charge in [-0.3, -0.25) is 4.79 Å². The Morgan fingerprint density at radius 1 is 1.57 bits per heavy atom. The number of carbonyl (C=O) groups is 1. The first kappa shape index (κ1) is 13.6. The highest BCUT2D eigenvalue weighted by Gasteiger charge is 2.28. The molecule has 3 nitrogen and oxygen atoms in total. The van der Waals surface area contributed by atoms with E-state index in [0.717, 1.165) is 0 Å². The zero-order chi connectivity index (χ0) is 11.2. The van der Waals surface area contributed by atoms with Gasteiger partial charge >= 0.3 is 6.18 Å². The average molecular weight is 230 g/mol. The molecule has 0 saturated heterocycles. The van der Waals surface area contributed by atoms with Gasteiger partial charge in [-0.2, -0.15) is 24.9 Å². The van der Waals surface area contributed by atoms with Gasteiger partial charge in [0.1, 0.15) is 6.54 Å². The lowest BCUT2D eigenvalue weighted by Gasteiger charge is -2.12. The third-order valence-electron chi connectivity index (χ3n) is 1.43. The summed E-state index contributed by atoms with van der Waals surface area (Å²) in [5, 5.41) is 1.73. The lowest BCUT2D eigenvalue weighted by molar-refractivity contribution is -0.139. The molecule has 0 rings (SSSR count). The van der Waals surface area contributed by atoms with Gasteiger partial charge in [-0.25, -0.2) is 0 Å². The molecule has 0 aliphatic heterocycles. The molecule has 0 aromatic rings. The Hall–Kier alpha value is -0.430. The first-order valence-electron chi connectivity index (χ1n) is 3.96. The maximum Gasteiger partial charge on any atom is 0.405 e. The van der Waals surface area contributed by atoms with Crippen LogP contribution in [0.3, 0.4) is 0 Å². The van der Waals surface area contributed by atoms with Crippen molar-refractivity contribution >= 4 is 17.7 Å². The van der Waals surface area contributed by atoms with Crippen LogP contribution in [0.1, 0.15) is 6.42 Å². The van der Waals surface area contributed by atoms with Crippen LogP contribution >= 0.6 is 11.8 Å². The Kier molecular flexibility index (Phi) is 5.94. The highest BCUT2D eigenvalue weighted by molar-refractivity contribution is 7.98. The van der Waals surface area contributed by atoms with Crippen LogP contribution in [0.4, 0.5) is 13.2 Å². The molecule has 0 radical (unpaired) electrons. The fourth-order valence-electron chi connectivity index (χ4n) is 0.694. The Balaban J connectivity index is 3.73. The summed E-state index contributed by atoms with van der Waals surface area (Å²) in [5.41, 5.74) is 5.34. The van der Waals surface area contributed by atoms with Crippen LogP contribution in [0.15, 0.2) is 0 Å². The number of thioether (sulfide) groups is 1. The maximum atomic E-state index is 11.7. The van der Waals surface area contributed by atoms with Gasteiger partial charge in [0.2, 0.25) is 5.91 Å². The number of nitrogens with two attached hydrogens (primary N) is 1. The number of carbonyl (C=O) groups excluding carboxylic acids is 1. The highest BCUT2D eigenvalue weighted by Crippen LogP contribution is 2.12. The van der Waals surface area contributed by atoms with Crippen molar-refractivity contribution in [2.24, 2.45) is 5.73 Å². The van der Waals surface area contributed by atoms with E-state index < -0.39 is 24.7 Å². The number of amides is 1. The summed E-state index contributed by atoms with van der Waals surface area (Å²) in [6.45, 7) is -1.32. The van der Waals surface area contributed by atoms with Crippen molar-refractivity contribution in [3.8, 4) is 0 Å². The van der Waals surface area contributed by atoms with Gasteiger partial charge in [0.25, 0.3) is 0 Å².